The maximum absolute atomic E-state index is 11.2. The molecular weight excluding hydrogens is 272 g/mol. The second-order valence-corrected chi connectivity index (χ2v) is 5.97. The molecule has 0 saturated heterocycles. The molecule has 0 spiro atoms. The van der Waals surface area contributed by atoms with Gasteiger partial charge in [0.05, 0.1) is 4.92 Å². The Kier molecular flexibility index (Phi) is 2.66. The van der Waals surface area contributed by atoms with Crippen LogP contribution < -0.4 is 0 Å². The van der Waals surface area contributed by atoms with E-state index in [1.54, 1.807) is 6.07 Å². The van der Waals surface area contributed by atoms with E-state index in [0.29, 0.717) is 22.4 Å². The van der Waals surface area contributed by atoms with Gasteiger partial charge in [-0.05, 0) is 0 Å². The lowest BCUT2D eigenvalue weighted by molar-refractivity contribution is -0.383. The first kappa shape index (κ1) is 13.4. The van der Waals surface area contributed by atoms with Gasteiger partial charge in [-0.15, -0.1) is 0 Å². The average Bonchev–Trinajstić information content (AvgIpc) is 2.82. The van der Waals surface area contributed by atoms with Gasteiger partial charge in [0.1, 0.15) is 16.7 Å². The van der Waals surface area contributed by atoms with Gasteiger partial charge in [0.15, 0.2) is 5.58 Å². The predicted molar refractivity (Wildman–Crippen MR) is 78.5 cm³/mol. The number of fused-ring (bicyclic) bond motifs is 3. The lowest BCUT2D eigenvalue weighted by atomic mass is 9.97. The molecule has 21 heavy (non-hydrogen) atoms. The number of hydrogen-bond acceptors (Lipinski definition) is 5. The second kappa shape index (κ2) is 4.18. The number of benzene rings is 2. The van der Waals surface area contributed by atoms with Crippen LogP contribution in [0.3, 0.4) is 0 Å². The molecule has 1 heterocycles. The van der Waals surface area contributed by atoms with Crippen LogP contribution in [0.5, 0.6) is 5.75 Å². The number of nitro benzene ring substituents is 1. The standard InChI is InChI=1S/C15H14N2O4/c1-15(2,3)14-16-9-7-11(18)8-5-4-6-10(17(19)20)12(8)13(9)21-14/h4-7,18H,1-3H3. The molecule has 2 aromatic carbocycles. The molecule has 0 radical (unpaired) electrons. The number of oxazole rings is 1. The Bertz CT molecular complexity index is 875. The van der Waals surface area contributed by atoms with Crippen molar-refractivity contribution in [2.24, 2.45) is 0 Å². The minimum Gasteiger partial charge on any atom is -0.507 e. The zero-order valence-electron chi connectivity index (χ0n) is 11.9. The Morgan fingerprint density at radius 3 is 2.67 bits per heavy atom. The number of nitrogens with zero attached hydrogens (tertiary/aromatic N) is 2. The molecule has 0 atom stereocenters. The van der Waals surface area contributed by atoms with Crippen molar-refractivity contribution in [2.75, 3.05) is 0 Å². The molecule has 0 bridgehead atoms. The summed E-state index contributed by atoms with van der Waals surface area (Å²) in [5.41, 5.74) is 0.314. The molecule has 0 fully saturated rings. The van der Waals surface area contributed by atoms with E-state index in [-0.39, 0.29) is 22.2 Å². The van der Waals surface area contributed by atoms with Gasteiger partial charge < -0.3 is 9.52 Å². The molecule has 0 unspecified atom stereocenters. The number of phenols is 1. The van der Waals surface area contributed by atoms with Crippen LogP contribution in [0.15, 0.2) is 28.7 Å². The van der Waals surface area contributed by atoms with E-state index in [0.717, 1.165) is 0 Å². The maximum Gasteiger partial charge on any atom is 0.281 e. The number of rotatable bonds is 1. The molecule has 0 aliphatic heterocycles. The summed E-state index contributed by atoms with van der Waals surface area (Å²) < 4.78 is 5.76. The van der Waals surface area contributed by atoms with Crippen LogP contribution >= 0.6 is 0 Å². The van der Waals surface area contributed by atoms with Gasteiger partial charge in [-0.1, -0.05) is 32.9 Å². The van der Waals surface area contributed by atoms with Crippen molar-refractivity contribution in [3.05, 3.63) is 40.3 Å². The number of aromatic hydroxyl groups is 1. The Morgan fingerprint density at radius 1 is 1.33 bits per heavy atom. The minimum absolute atomic E-state index is 0.0463. The summed E-state index contributed by atoms with van der Waals surface area (Å²) in [5, 5.41) is 22.0. The molecular formula is C15H14N2O4. The molecule has 0 aliphatic rings. The van der Waals surface area contributed by atoms with E-state index < -0.39 is 4.92 Å². The van der Waals surface area contributed by atoms with Crippen molar-refractivity contribution in [2.45, 2.75) is 26.2 Å². The molecule has 0 aliphatic carbocycles. The van der Waals surface area contributed by atoms with Crippen LogP contribution in [0.2, 0.25) is 0 Å². The smallest absolute Gasteiger partial charge is 0.281 e. The summed E-state index contributed by atoms with van der Waals surface area (Å²) in [6.45, 7) is 5.82. The highest BCUT2D eigenvalue weighted by atomic mass is 16.6. The maximum atomic E-state index is 11.2. The quantitative estimate of drug-likeness (QED) is 0.541. The van der Waals surface area contributed by atoms with Gasteiger partial charge in [-0.3, -0.25) is 10.1 Å². The van der Waals surface area contributed by atoms with E-state index >= 15 is 0 Å². The van der Waals surface area contributed by atoms with E-state index in [1.807, 2.05) is 20.8 Å². The second-order valence-electron chi connectivity index (χ2n) is 5.97. The number of aromatic nitrogens is 1. The third-order valence-electron chi connectivity index (χ3n) is 3.31. The minimum atomic E-state index is -0.486. The number of nitro groups is 1. The van der Waals surface area contributed by atoms with Crippen molar-refractivity contribution in [1.82, 2.24) is 4.98 Å². The third kappa shape index (κ3) is 1.99. The fourth-order valence-corrected chi connectivity index (χ4v) is 2.28. The van der Waals surface area contributed by atoms with Crippen molar-refractivity contribution in [3.8, 4) is 5.75 Å². The summed E-state index contributed by atoms with van der Waals surface area (Å²) in [7, 11) is 0. The molecule has 0 saturated carbocycles. The highest BCUT2D eigenvalue weighted by Crippen LogP contribution is 2.39. The summed E-state index contributed by atoms with van der Waals surface area (Å²) in [6.07, 6.45) is 0. The van der Waals surface area contributed by atoms with Crippen LogP contribution in [0.25, 0.3) is 21.9 Å². The first-order valence-electron chi connectivity index (χ1n) is 6.49. The lowest BCUT2D eigenvalue weighted by Crippen LogP contribution is -2.10. The van der Waals surface area contributed by atoms with Gasteiger partial charge >= 0.3 is 0 Å². The Morgan fingerprint density at radius 2 is 2.05 bits per heavy atom. The molecule has 1 aromatic heterocycles. The van der Waals surface area contributed by atoms with Crippen LogP contribution in [-0.2, 0) is 5.41 Å². The predicted octanol–water partition coefficient (Wildman–Crippen LogP) is 3.89. The van der Waals surface area contributed by atoms with Crippen molar-refractivity contribution in [3.63, 3.8) is 0 Å². The van der Waals surface area contributed by atoms with Gasteiger partial charge in [-0.2, -0.15) is 0 Å². The summed E-state index contributed by atoms with van der Waals surface area (Å²) in [6, 6.07) is 6.02. The number of non-ortho nitro benzene ring substituents is 1. The first-order chi connectivity index (χ1) is 9.79. The third-order valence-corrected chi connectivity index (χ3v) is 3.31. The van der Waals surface area contributed by atoms with E-state index in [9.17, 15) is 15.2 Å². The molecule has 108 valence electrons. The molecule has 6 nitrogen and oxygen atoms in total. The molecule has 1 N–H and O–H groups in total. The van der Waals surface area contributed by atoms with Gasteiger partial charge in [0.25, 0.3) is 5.69 Å². The van der Waals surface area contributed by atoms with Crippen molar-refractivity contribution in [1.29, 1.82) is 0 Å². The normalized spacial score (nSPS) is 12.1. The zero-order chi connectivity index (χ0) is 15.4. The largest absolute Gasteiger partial charge is 0.507 e. The fraction of sp³-hybridized carbons (Fsp3) is 0.267. The average molecular weight is 286 g/mol. The lowest BCUT2D eigenvalue weighted by Gasteiger charge is -2.11. The topological polar surface area (TPSA) is 89.4 Å². The summed E-state index contributed by atoms with van der Waals surface area (Å²) >= 11 is 0. The Balaban J connectivity index is 2.51. The van der Waals surface area contributed by atoms with Crippen molar-refractivity contribution < 1.29 is 14.4 Å². The molecule has 0 amide bonds. The summed E-state index contributed by atoms with van der Waals surface area (Å²) in [5.74, 6) is 0.428. The fourth-order valence-electron chi connectivity index (χ4n) is 2.28. The van der Waals surface area contributed by atoms with Crippen LogP contribution in [-0.4, -0.2) is 15.0 Å². The number of hydrogen-bond donors (Lipinski definition) is 1. The van der Waals surface area contributed by atoms with E-state index in [4.69, 9.17) is 4.42 Å². The summed E-state index contributed by atoms with van der Waals surface area (Å²) in [4.78, 5) is 15.1. The first-order valence-corrected chi connectivity index (χ1v) is 6.49. The Hall–Kier alpha value is -2.63. The SMILES string of the molecule is CC(C)(C)c1nc2cc(O)c3cccc([N+](=O)[O-])c3c2o1. The van der Waals surface area contributed by atoms with E-state index in [2.05, 4.69) is 4.98 Å². The van der Waals surface area contributed by atoms with Crippen molar-refractivity contribution >= 4 is 27.6 Å². The molecule has 6 heteroatoms. The van der Waals surface area contributed by atoms with Gasteiger partial charge in [0, 0.05) is 22.9 Å². The molecule has 3 aromatic rings. The van der Waals surface area contributed by atoms with E-state index in [1.165, 1.54) is 18.2 Å². The highest BCUT2D eigenvalue weighted by molar-refractivity contribution is 6.10. The highest BCUT2D eigenvalue weighted by Gasteiger charge is 2.25. The monoisotopic (exact) mass is 286 g/mol. The Labute approximate surface area is 120 Å². The number of phenolic OH excluding ortho intramolecular Hbond substituents is 1. The van der Waals surface area contributed by atoms with Gasteiger partial charge in [-0.25, -0.2) is 4.98 Å². The van der Waals surface area contributed by atoms with Crippen LogP contribution in [0, 0.1) is 10.1 Å². The molecule has 3 rings (SSSR count). The van der Waals surface area contributed by atoms with Gasteiger partial charge in [0.2, 0.25) is 5.89 Å². The van der Waals surface area contributed by atoms with Crippen LogP contribution in [0.4, 0.5) is 5.69 Å². The zero-order valence-corrected chi connectivity index (χ0v) is 11.9. The van der Waals surface area contributed by atoms with Crippen LogP contribution in [0.1, 0.15) is 26.7 Å².